The van der Waals surface area contributed by atoms with E-state index in [0.717, 1.165) is 0 Å². The molecule has 148 valence electrons. The van der Waals surface area contributed by atoms with Crippen LogP contribution < -0.4 is 24.8 Å². The fourth-order valence-corrected chi connectivity index (χ4v) is 0.487. The molecule has 0 saturated carbocycles. The minimum Gasteiger partial charge on any atom is -1.00 e. The largest absolute Gasteiger partial charge is 2.00 e. The minimum absolute atomic E-state index is 0. The molecule has 4 atom stereocenters. The van der Waals surface area contributed by atoms with Crippen LogP contribution in [0.3, 0.4) is 0 Å². The normalized spacial score (nSPS) is 12.5. The zero-order valence-electron chi connectivity index (χ0n) is 12.2. The molecule has 0 aliphatic heterocycles. The van der Waals surface area contributed by atoms with Crippen molar-refractivity contribution in [2.24, 2.45) is 0 Å². The maximum absolute atomic E-state index is 8.47. The van der Waals surface area contributed by atoms with E-state index in [-0.39, 0.29) is 84.5 Å². The summed E-state index contributed by atoms with van der Waals surface area (Å²) in [6.07, 6.45) is -4.89. The van der Waals surface area contributed by atoms with Crippen LogP contribution in [0.2, 0.25) is 0 Å². The molecule has 0 saturated heterocycles. The molecule has 0 aromatic carbocycles. The van der Waals surface area contributed by atoms with Crippen molar-refractivity contribution in [3.63, 3.8) is 0 Å². The third-order valence-electron chi connectivity index (χ3n) is 1.64. The van der Waals surface area contributed by atoms with E-state index >= 15 is 0 Å². The molecule has 0 aromatic rings. The summed E-state index contributed by atoms with van der Waals surface area (Å²) in [6, 6.07) is 0. The number of halogens is 2. The molecule has 0 unspecified atom stereocenters. The molecule has 23 heavy (non-hydrogen) atoms. The Morgan fingerprint density at radius 1 is 0.435 bits per heavy atom. The minimum atomic E-state index is -1.22. The second-order valence-corrected chi connectivity index (χ2v) is 3.00. The van der Waals surface area contributed by atoms with Gasteiger partial charge in [-0.2, -0.15) is 0 Å². The van der Waals surface area contributed by atoms with Crippen molar-refractivity contribution in [1.29, 1.82) is 0 Å². The molecule has 16 N–H and O–H groups in total. The predicted molar refractivity (Wildman–Crippen MR) is 72.6 cm³/mol. The Labute approximate surface area is 175 Å². The van der Waals surface area contributed by atoms with E-state index < -0.39 is 50.8 Å². The molecular formula is C8H28CaCl2O12. The maximum atomic E-state index is 8.47. The van der Waals surface area contributed by atoms with Gasteiger partial charge in [0, 0.05) is 0 Å². The predicted octanol–water partition coefficient (Wildman–Crippen LogP) is -14.3. The SMILES string of the molecule is O.O.O.O.OC[C@@H](O)[C@@H](O)CO.OC[C@@H](O)[C@@H](O)CO.[Ca+2].[Cl-].[Cl-]. The first kappa shape index (κ1) is 56.3. The molecule has 0 heterocycles. The monoisotopic (exact) mass is 426 g/mol. The van der Waals surface area contributed by atoms with Crippen LogP contribution in [-0.4, -0.2) is 151 Å². The third kappa shape index (κ3) is 35.4. The van der Waals surface area contributed by atoms with Gasteiger partial charge in [-0.25, -0.2) is 0 Å². The smallest absolute Gasteiger partial charge is 1.00 e. The quantitative estimate of drug-likeness (QED) is 0.188. The summed E-state index contributed by atoms with van der Waals surface area (Å²) in [5.74, 6) is 0. The molecule has 0 spiro atoms. The van der Waals surface area contributed by atoms with Crippen LogP contribution in [0.1, 0.15) is 0 Å². The van der Waals surface area contributed by atoms with Crippen molar-refractivity contribution < 1.29 is 87.6 Å². The Morgan fingerprint density at radius 3 is 0.565 bits per heavy atom. The first-order chi connectivity index (χ1) is 7.44. The zero-order chi connectivity index (χ0) is 13.1. The average molecular weight is 427 g/mol. The molecular weight excluding hydrogens is 399 g/mol. The van der Waals surface area contributed by atoms with Crippen molar-refractivity contribution in [3.8, 4) is 0 Å². The Kier molecular flexibility index (Phi) is 94.9. The number of hydrogen-bond acceptors (Lipinski definition) is 8. The van der Waals surface area contributed by atoms with E-state index in [9.17, 15) is 0 Å². The maximum Gasteiger partial charge on any atom is 2.00 e. The Bertz CT molecular complexity index is 131. The Balaban J connectivity index is -0.0000000187. The number of aliphatic hydroxyl groups excluding tert-OH is 8. The summed E-state index contributed by atoms with van der Waals surface area (Å²) in [7, 11) is 0. The second-order valence-electron chi connectivity index (χ2n) is 3.00. The summed E-state index contributed by atoms with van der Waals surface area (Å²) < 4.78 is 0. The number of aliphatic hydroxyl groups is 8. The van der Waals surface area contributed by atoms with Gasteiger partial charge in [0.2, 0.25) is 0 Å². The van der Waals surface area contributed by atoms with Crippen LogP contribution in [0.15, 0.2) is 0 Å². The van der Waals surface area contributed by atoms with Gasteiger partial charge >= 0.3 is 37.7 Å². The molecule has 0 bridgehead atoms. The fourth-order valence-electron chi connectivity index (χ4n) is 0.487. The first-order valence-corrected chi connectivity index (χ1v) is 4.60. The van der Waals surface area contributed by atoms with Crippen LogP contribution in [0.4, 0.5) is 0 Å². The fraction of sp³-hybridized carbons (Fsp3) is 1.00. The van der Waals surface area contributed by atoms with Crippen LogP contribution in [-0.2, 0) is 0 Å². The van der Waals surface area contributed by atoms with Crippen molar-refractivity contribution in [2.75, 3.05) is 26.4 Å². The number of rotatable bonds is 6. The van der Waals surface area contributed by atoms with Crippen LogP contribution in [0, 0.1) is 0 Å². The molecule has 0 radical (unpaired) electrons. The molecule has 0 fully saturated rings. The van der Waals surface area contributed by atoms with Gasteiger partial charge in [-0.3, -0.25) is 0 Å². The molecule has 12 nitrogen and oxygen atoms in total. The summed E-state index contributed by atoms with van der Waals surface area (Å²) in [5, 5.41) is 66.3. The molecule has 0 aliphatic carbocycles. The molecule has 0 aliphatic rings. The Morgan fingerprint density at radius 2 is 0.522 bits per heavy atom. The van der Waals surface area contributed by atoms with Crippen LogP contribution in [0.5, 0.6) is 0 Å². The first-order valence-electron chi connectivity index (χ1n) is 4.60. The summed E-state index contributed by atoms with van der Waals surface area (Å²) in [4.78, 5) is 0. The van der Waals surface area contributed by atoms with E-state index in [1.807, 2.05) is 0 Å². The van der Waals surface area contributed by atoms with E-state index in [0.29, 0.717) is 0 Å². The van der Waals surface area contributed by atoms with Crippen molar-refractivity contribution in [2.45, 2.75) is 24.4 Å². The Hall–Kier alpha value is 1.36. The van der Waals surface area contributed by atoms with Crippen LogP contribution >= 0.6 is 0 Å². The van der Waals surface area contributed by atoms with E-state index in [4.69, 9.17) is 40.9 Å². The van der Waals surface area contributed by atoms with Crippen molar-refractivity contribution in [1.82, 2.24) is 0 Å². The van der Waals surface area contributed by atoms with Gasteiger partial charge in [-0.05, 0) is 0 Å². The standard InChI is InChI=1S/2C4H10O4.Ca.2ClH.4H2O/c2*5-1-3(7)4(8)2-6;;;;;;;/h2*3-8H,1-2H2;;2*1H;4*1H2/q;;+2;;;;;;/p-2/t2*3-,4+;;;;;;;. The van der Waals surface area contributed by atoms with Gasteiger partial charge in [-0.1, -0.05) is 0 Å². The second kappa shape index (κ2) is 38.8. The average Bonchev–Trinajstić information content (AvgIpc) is 2.35. The number of hydrogen-bond donors (Lipinski definition) is 8. The topological polar surface area (TPSA) is 288 Å². The summed E-state index contributed by atoms with van der Waals surface area (Å²) >= 11 is 0. The van der Waals surface area contributed by atoms with Gasteiger partial charge in [0.15, 0.2) is 0 Å². The van der Waals surface area contributed by atoms with Crippen molar-refractivity contribution in [3.05, 3.63) is 0 Å². The van der Waals surface area contributed by atoms with Gasteiger partial charge in [0.05, 0.1) is 26.4 Å². The van der Waals surface area contributed by atoms with E-state index in [1.54, 1.807) is 0 Å². The van der Waals surface area contributed by atoms with Gasteiger partial charge in [0.25, 0.3) is 0 Å². The van der Waals surface area contributed by atoms with Gasteiger partial charge < -0.3 is 87.6 Å². The molecule has 0 aromatic heterocycles. The summed E-state index contributed by atoms with van der Waals surface area (Å²) in [6.45, 7) is -2.10. The molecule has 15 heteroatoms. The van der Waals surface area contributed by atoms with Gasteiger partial charge in [-0.15, -0.1) is 0 Å². The van der Waals surface area contributed by atoms with Crippen molar-refractivity contribution >= 4 is 37.7 Å². The summed E-state index contributed by atoms with van der Waals surface area (Å²) in [5.41, 5.74) is 0. The van der Waals surface area contributed by atoms with Crippen LogP contribution in [0.25, 0.3) is 0 Å². The van der Waals surface area contributed by atoms with E-state index in [2.05, 4.69) is 0 Å². The zero-order valence-corrected chi connectivity index (χ0v) is 15.9. The molecule has 0 amide bonds. The van der Waals surface area contributed by atoms with Gasteiger partial charge in [0.1, 0.15) is 24.4 Å². The van der Waals surface area contributed by atoms with E-state index in [1.165, 1.54) is 0 Å². The molecule has 0 rings (SSSR count). The third-order valence-corrected chi connectivity index (χ3v) is 1.64.